The van der Waals surface area contributed by atoms with Crippen LogP contribution in [0.2, 0.25) is 0 Å². The molecule has 0 spiro atoms. The highest BCUT2D eigenvalue weighted by atomic mass is 16.6. The normalized spacial score (nSPS) is 20.0. The van der Waals surface area contributed by atoms with Crippen LogP contribution < -0.4 is 16.0 Å². The van der Waals surface area contributed by atoms with Crippen LogP contribution >= 0.6 is 0 Å². The molecule has 9 nitrogen and oxygen atoms in total. The van der Waals surface area contributed by atoms with Crippen LogP contribution in [0.15, 0.2) is 30.3 Å². The van der Waals surface area contributed by atoms with Crippen LogP contribution in [-0.4, -0.2) is 40.2 Å². The smallest absolute Gasteiger partial charge is 0.353 e. The summed E-state index contributed by atoms with van der Waals surface area (Å²) in [6, 6.07) is 9.57. The maximum absolute atomic E-state index is 11.4. The van der Waals surface area contributed by atoms with Gasteiger partial charge in [-0.1, -0.05) is 30.3 Å². The zero-order chi connectivity index (χ0) is 18.7. The van der Waals surface area contributed by atoms with Crippen molar-refractivity contribution >= 4 is 23.3 Å². The number of morpholine rings is 1. The summed E-state index contributed by atoms with van der Waals surface area (Å²) in [7, 11) is 0. The van der Waals surface area contributed by atoms with E-state index in [4.69, 9.17) is 10.5 Å². The molecule has 0 radical (unpaired) electrons. The second-order valence-electron chi connectivity index (χ2n) is 6.36. The van der Waals surface area contributed by atoms with E-state index >= 15 is 0 Å². The first-order valence-electron chi connectivity index (χ1n) is 8.44. The first-order valence-corrected chi connectivity index (χ1v) is 8.44. The minimum Gasteiger partial charge on any atom is -0.378 e. The molecular weight excluding hydrogens is 336 g/mol. The molecule has 1 aromatic heterocycles. The van der Waals surface area contributed by atoms with Crippen molar-refractivity contribution in [1.29, 1.82) is 0 Å². The first kappa shape index (κ1) is 17.9. The Labute approximate surface area is 151 Å². The van der Waals surface area contributed by atoms with E-state index in [0.717, 1.165) is 5.56 Å². The second-order valence-corrected chi connectivity index (χ2v) is 6.36. The Bertz CT molecular complexity index is 776. The molecule has 1 saturated heterocycles. The van der Waals surface area contributed by atoms with Crippen LogP contribution in [0.5, 0.6) is 0 Å². The maximum atomic E-state index is 11.4. The van der Waals surface area contributed by atoms with Gasteiger partial charge in [-0.2, -0.15) is 9.97 Å². The Hall–Kier alpha value is -2.94. The van der Waals surface area contributed by atoms with Gasteiger partial charge in [0, 0.05) is 19.6 Å². The Balaban J connectivity index is 1.90. The third-order valence-electron chi connectivity index (χ3n) is 4.09. The predicted molar refractivity (Wildman–Crippen MR) is 99.1 cm³/mol. The van der Waals surface area contributed by atoms with Crippen LogP contribution in [-0.2, 0) is 11.3 Å². The lowest BCUT2D eigenvalue weighted by atomic mass is 10.2. The third-order valence-corrected chi connectivity index (χ3v) is 4.09. The van der Waals surface area contributed by atoms with E-state index in [-0.39, 0.29) is 29.5 Å². The Kier molecular flexibility index (Phi) is 5.17. The zero-order valence-corrected chi connectivity index (χ0v) is 14.8. The molecule has 26 heavy (non-hydrogen) atoms. The third kappa shape index (κ3) is 3.99. The fourth-order valence-corrected chi connectivity index (χ4v) is 3.03. The molecular formula is C17H22N6O3. The van der Waals surface area contributed by atoms with Gasteiger partial charge in [-0.3, -0.25) is 10.1 Å². The number of aromatic nitrogens is 2. The molecule has 138 valence electrons. The summed E-state index contributed by atoms with van der Waals surface area (Å²) in [5.41, 5.74) is 6.55. The van der Waals surface area contributed by atoms with E-state index < -0.39 is 4.92 Å². The zero-order valence-electron chi connectivity index (χ0n) is 14.8. The Morgan fingerprint density at radius 3 is 2.54 bits per heavy atom. The SMILES string of the molecule is C[C@@H]1CN(c2nc(N)c([N+](=O)[O-])c(NCc3ccccc3)n2)C[C@@H](C)O1. The van der Waals surface area contributed by atoms with Crippen molar-refractivity contribution in [2.45, 2.75) is 32.6 Å². The number of ether oxygens (including phenoxy) is 1. The minimum absolute atomic E-state index is 0.0134. The average Bonchev–Trinajstić information content (AvgIpc) is 2.59. The van der Waals surface area contributed by atoms with Gasteiger partial charge >= 0.3 is 5.69 Å². The number of rotatable bonds is 5. The van der Waals surface area contributed by atoms with Gasteiger partial charge in [0.1, 0.15) is 0 Å². The minimum atomic E-state index is -0.559. The van der Waals surface area contributed by atoms with E-state index in [1.807, 2.05) is 49.1 Å². The molecule has 0 bridgehead atoms. The van der Waals surface area contributed by atoms with Crippen molar-refractivity contribution in [3.8, 4) is 0 Å². The monoisotopic (exact) mass is 358 g/mol. The lowest BCUT2D eigenvalue weighted by molar-refractivity contribution is -0.383. The summed E-state index contributed by atoms with van der Waals surface area (Å²) in [4.78, 5) is 21.3. The van der Waals surface area contributed by atoms with Crippen LogP contribution in [0.25, 0.3) is 0 Å². The first-order chi connectivity index (χ1) is 12.4. The average molecular weight is 358 g/mol. The number of nitrogens with zero attached hydrogens (tertiary/aromatic N) is 4. The van der Waals surface area contributed by atoms with Gasteiger partial charge in [-0.25, -0.2) is 0 Å². The highest BCUT2D eigenvalue weighted by Gasteiger charge is 2.28. The number of benzene rings is 1. The topological polar surface area (TPSA) is 119 Å². The van der Waals surface area contributed by atoms with Gasteiger partial charge in [0.15, 0.2) is 0 Å². The van der Waals surface area contributed by atoms with Crippen molar-refractivity contribution < 1.29 is 9.66 Å². The number of nitrogens with one attached hydrogen (secondary N) is 1. The summed E-state index contributed by atoms with van der Waals surface area (Å²) in [5, 5.41) is 14.4. The van der Waals surface area contributed by atoms with Crippen LogP contribution in [0.1, 0.15) is 19.4 Å². The Morgan fingerprint density at radius 1 is 1.27 bits per heavy atom. The molecule has 3 rings (SSSR count). The molecule has 1 fully saturated rings. The van der Waals surface area contributed by atoms with Gasteiger partial charge in [-0.05, 0) is 19.4 Å². The van der Waals surface area contributed by atoms with Gasteiger partial charge in [-0.15, -0.1) is 0 Å². The summed E-state index contributed by atoms with van der Waals surface area (Å²) < 4.78 is 5.71. The molecule has 2 atom stereocenters. The predicted octanol–water partition coefficient (Wildman–Crippen LogP) is 2.19. The largest absolute Gasteiger partial charge is 0.378 e. The van der Waals surface area contributed by atoms with Crippen LogP contribution in [0.3, 0.4) is 0 Å². The van der Waals surface area contributed by atoms with Crippen molar-refractivity contribution in [3.63, 3.8) is 0 Å². The Morgan fingerprint density at radius 2 is 1.92 bits per heavy atom. The van der Waals surface area contributed by atoms with Crippen LogP contribution in [0.4, 0.5) is 23.3 Å². The number of hydrogen-bond acceptors (Lipinski definition) is 8. The van der Waals surface area contributed by atoms with E-state index in [1.54, 1.807) is 0 Å². The molecule has 2 aromatic rings. The number of nitro groups is 1. The van der Waals surface area contributed by atoms with Gasteiger partial charge < -0.3 is 20.7 Å². The molecule has 1 aliphatic rings. The summed E-state index contributed by atoms with van der Waals surface area (Å²) in [6.07, 6.45) is 0.0268. The summed E-state index contributed by atoms with van der Waals surface area (Å²) in [5.74, 6) is 0.334. The molecule has 9 heteroatoms. The molecule has 0 aliphatic carbocycles. The summed E-state index contributed by atoms with van der Waals surface area (Å²) >= 11 is 0. The molecule has 0 saturated carbocycles. The van der Waals surface area contributed by atoms with E-state index in [9.17, 15) is 10.1 Å². The molecule has 0 amide bonds. The van der Waals surface area contributed by atoms with Crippen molar-refractivity contribution in [2.75, 3.05) is 29.0 Å². The number of anilines is 3. The number of nitrogen functional groups attached to an aromatic ring is 1. The fourth-order valence-electron chi connectivity index (χ4n) is 3.03. The highest BCUT2D eigenvalue weighted by Crippen LogP contribution is 2.31. The lowest BCUT2D eigenvalue weighted by Crippen LogP contribution is -2.46. The van der Waals surface area contributed by atoms with Crippen molar-refractivity contribution in [3.05, 3.63) is 46.0 Å². The van der Waals surface area contributed by atoms with Crippen molar-refractivity contribution in [1.82, 2.24) is 9.97 Å². The quantitative estimate of drug-likeness (QED) is 0.616. The summed E-state index contributed by atoms with van der Waals surface area (Å²) in [6.45, 7) is 5.52. The number of nitrogens with two attached hydrogens (primary N) is 1. The van der Waals surface area contributed by atoms with Crippen LogP contribution in [0, 0.1) is 10.1 Å². The van der Waals surface area contributed by atoms with Gasteiger partial charge in [0.2, 0.25) is 17.6 Å². The molecule has 1 aliphatic heterocycles. The van der Waals surface area contributed by atoms with E-state index in [0.29, 0.717) is 25.6 Å². The highest BCUT2D eigenvalue weighted by molar-refractivity contribution is 5.70. The number of hydrogen-bond donors (Lipinski definition) is 2. The van der Waals surface area contributed by atoms with Crippen molar-refractivity contribution in [2.24, 2.45) is 0 Å². The lowest BCUT2D eigenvalue weighted by Gasteiger charge is -2.35. The maximum Gasteiger partial charge on any atom is 0.353 e. The van der Waals surface area contributed by atoms with E-state index in [2.05, 4.69) is 15.3 Å². The standard InChI is InChI=1S/C17H22N6O3/c1-11-9-22(10-12(2)26-11)17-20-15(18)14(23(24)25)16(21-17)19-8-13-6-4-3-5-7-13/h3-7,11-12H,8-10H2,1-2H3,(H3,18,19,20,21)/t11-,12-/m1/s1. The molecule has 3 N–H and O–H groups in total. The molecule has 1 aromatic carbocycles. The fraction of sp³-hybridized carbons (Fsp3) is 0.412. The second kappa shape index (κ2) is 7.52. The molecule has 2 heterocycles. The van der Waals surface area contributed by atoms with Gasteiger partial charge in [0.05, 0.1) is 17.1 Å². The van der Waals surface area contributed by atoms with E-state index in [1.165, 1.54) is 0 Å². The molecule has 0 unspecified atom stereocenters. The van der Waals surface area contributed by atoms with Gasteiger partial charge in [0.25, 0.3) is 0 Å².